The molecule has 52 heavy (non-hydrogen) atoms. The van der Waals surface area contributed by atoms with E-state index in [2.05, 4.69) is 26.6 Å². The van der Waals surface area contributed by atoms with E-state index in [4.69, 9.17) is 27.9 Å². The molecule has 3 atom stereocenters. The lowest BCUT2D eigenvalue weighted by Crippen LogP contribution is -2.60. The van der Waals surface area contributed by atoms with Crippen LogP contribution in [0.2, 0.25) is 10.0 Å². The molecule has 10 nitrogen and oxygen atoms in total. The summed E-state index contributed by atoms with van der Waals surface area (Å²) in [5.74, 6) is -1.15. The van der Waals surface area contributed by atoms with Crippen molar-refractivity contribution in [2.45, 2.75) is 101 Å². The first-order chi connectivity index (χ1) is 24.8. The maximum Gasteiger partial charge on any atom is 0.407 e. The summed E-state index contributed by atoms with van der Waals surface area (Å²) >= 11 is 13.8. The Kier molecular flexibility index (Phi) is 9.78. The van der Waals surface area contributed by atoms with Crippen molar-refractivity contribution < 1.29 is 23.9 Å². The summed E-state index contributed by atoms with van der Waals surface area (Å²) in [6, 6.07) is 15.6. The van der Waals surface area contributed by atoms with Gasteiger partial charge in [0.1, 0.15) is 11.0 Å². The minimum Gasteiger partial charge on any atom is -0.444 e. The monoisotopic (exact) mass is 745 g/mol. The zero-order valence-corrected chi connectivity index (χ0v) is 31.2. The molecule has 4 aliphatic rings. The van der Waals surface area contributed by atoms with Gasteiger partial charge in [-0.1, -0.05) is 54.6 Å². The number of unbranched alkanes of at least 4 members (excludes halogenated alkanes) is 2. The van der Waals surface area contributed by atoms with Crippen LogP contribution in [-0.2, 0) is 19.7 Å². The van der Waals surface area contributed by atoms with Gasteiger partial charge in [-0.05, 0) is 106 Å². The van der Waals surface area contributed by atoms with Crippen LogP contribution >= 0.6 is 23.2 Å². The normalized spacial score (nSPS) is 22.1. The number of anilines is 2. The van der Waals surface area contributed by atoms with Gasteiger partial charge >= 0.3 is 6.09 Å². The number of nitrogens with one attached hydrogen (secondary N) is 5. The quantitative estimate of drug-likeness (QED) is 0.143. The first-order valence-electron chi connectivity index (χ1n) is 18.2. The molecule has 0 unspecified atom stereocenters. The Morgan fingerprint density at radius 3 is 2.33 bits per heavy atom. The Morgan fingerprint density at radius 1 is 0.904 bits per heavy atom. The maximum atomic E-state index is 14.5. The van der Waals surface area contributed by atoms with E-state index in [1.165, 1.54) is 0 Å². The number of carbonyl (C=O) groups excluding carboxylic acids is 4. The topological polar surface area (TPSA) is 138 Å². The number of amides is 4. The largest absolute Gasteiger partial charge is 0.444 e. The van der Waals surface area contributed by atoms with Crippen molar-refractivity contribution in [3.63, 3.8) is 0 Å². The summed E-state index contributed by atoms with van der Waals surface area (Å²) in [4.78, 5) is 53.7. The number of halogens is 2. The number of benzene rings is 3. The predicted octanol–water partition coefficient (Wildman–Crippen LogP) is 7.69. The van der Waals surface area contributed by atoms with Crippen molar-refractivity contribution in [3.8, 4) is 11.1 Å². The van der Waals surface area contributed by atoms with E-state index < -0.39 is 34.6 Å². The van der Waals surface area contributed by atoms with Gasteiger partial charge in [0.2, 0.25) is 11.8 Å². The minimum atomic E-state index is -1.05. The third-order valence-electron chi connectivity index (χ3n) is 11.0. The number of fused-ring (bicyclic) bond motifs is 4. The Labute approximate surface area is 314 Å². The van der Waals surface area contributed by atoms with Crippen LogP contribution in [0.15, 0.2) is 54.6 Å². The molecule has 4 amide bonds. The molecular weight excluding hydrogens is 701 g/mol. The molecule has 12 heteroatoms. The second kappa shape index (κ2) is 14.0. The van der Waals surface area contributed by atoms with Gasteiger partial charge < -0.3 is 26.0 Å². The lowest BCUT2D eigenvalue weighted by atomic mass is 9.56. The van der Waals surface area contributed by atoms with E-state index in [-0.39, 0.29) is 17.7 Å². The van der Waals surface area contributed by atoms with Crippen LogP contribution in [0.25, 0.3) is 11.1 Å². The Balaban J connectivity index is 1.06. The van der Waals surface area contributed by atoms with Crippen molar-refractivity contribution in [2.75, 3.05) is 23.7 Å². The summed E-state index contributed by atoms with van der Waals surface area (Å²) in [5.41, 5.74) is 2.67. The fourth-order valence-electron chi connectivity index (χ4n) is 8.93. The molecule has 0 radical (unpaired) electrons. The van der Waals surface area contributed by atoms with E-state index in [0.29, 0.717) is 40.1 Å². The Morgan fingerprint density at radius 2 is 1.62 bits per heavy atom. The fraction of sp³-hybridized carbons (Fsp3) is 0.450. The second-order valence-electron chi connectivity index (χ2n) is 15.4. The van der Waals surface area contributed by atoms with Crippen LogP contribution in [0.4, 0.5) is 16.2 Å². The molecule has 274 valence electrons. The van der Waals surface area contributed by atoms with E-state index in [0.717, 1.165) is 73.6 Å². The van der Waals surface area contributed by atoms with Gasteiger partial charge in [-0.3, -0.25) is 19.7 Å². The average molecular weight is 747 g/mol. The van der Waals surface area contributed by atoms with Gasteiger partial charge in [0.25, 0.3) is 5.91 Å². The molecule has 0 aromatic heterocycles. The van der Waals surface area contributed by atoms with Gasteiger partial charge in [0.15, 0.2) is 0 Å². The van der Waals surface area contributed by atoms with Crippen LogP contribution in [0.5, 0.6) is 0 Å². The molecule has 2 aliphatic heterocycles. The molecule has 2 fully saturated rings. The number of hydrogen-bond acceptors (Lipinski definition) is 6. The van der Waals surface area contributed by atoms with Gasteiger partial charge in [-0.15, -0.1) is 0 Å². The Bertz CT molecular complexity index is 1920. The van der Waals surface area contributed by atoms with E-state index >= 15 is 0 Å². The first-order valence-corrected chi connectivity index (χ1v) is 19.0. The van der Waals surface area contributed by atoms with Crippen molar-refractivity contribution in [2.24, 2.45) is 0 Å². The highest BCUT2D eigenvalue weighted by Crippen LogP contribution is 2.65. The van der Waals surface area contributed by atoms with Crippen molar-refractivity contribution in [3.05, 3.63) is 81.3 Å². The summed E-state index contributed by atoms with van der Waals surface area (Å²) in [7, 11) is 0. The van der Waals surface area contributed by atoms with Gasteiger partial charge in [0, 0.05) is 57.6 Å². The molecule has 1 saturated heterocycles. The molecule has 2 aliphatic carbocycles. The molecule has 2 spiro atoms. The SMILES string of the molecule is CC(C)(C)OC(=O)NCCCCCNC(=O)c1ccc(NC(=O)[C@@H]2NC3(CCCCC3)[C@]34C(=O)Nc5cc(Cl)c(cc53)-c3c(Cl)cccc3[C@@H]24)cc1. The third-order valence-corrected chi connectivity index (χ3v) is 11.6. The van der Waals surface area contributed by atoms with Crippen molar-refractivity contribution in [1.82, 2.24) is 16.0 Å². The van der Waals surface area contributed by atoms with Gasteiger partial charge in [-0.25, -0.2) is 4.79 Å². The van der Waals surface area contributed by atoms with Crippen LogP contribution in [0, 0.1) is 0 Å². The first kappa shape index (κ1) is 36.2. The lowest BCUT2D eigenvalue weighted by Gasteiger charge is -2.46. The number of rotatable bonds is 9. The minimum absolute atomic E-state index is 0.119. The van der Waals surface area contributed by atoms with Crippen LogP contribution in [0.1, 0.15) is 99.5 Å². The van der Waals surface area contributed by atoms with Crippen LogP contribution < -0.4 is 26.6 Å². The number of carbonyl (C=O) groups is 4. The number of hydrogen-bond donors (Lipinski definition) is 5. The van der Waals surface area contributed by atoms with Crippen LogP contribution in [0.3, 0.4) is 0 Å². The summed E-state index contributed by atoms with van der Waals surface area (Å²) in [6.07, 6.45) is 6.38. The van der Waals surface area contributed by atoms with E-state index in [9.17, 15) is 19.2 Å². The number of ether oxygens (including phenoxy) is 1. The average Bonchev–Trinajstić information content (AvgIpc) is 3.49. The van der Waals surface area contributed by atoms with E-state index in [1.54, 1.807) is 24.3 Å². The molecule has 1 saturated carbocycles. The molecule has 3 aromatic carbocycles. The Hall–Kier alpha value is -4.12. The highest BCUT2D eigenvalue weighted by atomic mass is 35.5. The predicted molar refractivity (Wildman–Crippen MR) is 203 cm³/mol. The van der Waals surface area contributed by atoms with Crippen molar-refractivity contribution in [1.29, 1.82) is 0 Å². The standard InChI is InChI=1S/C40H45Cl2N5O5/c1-38(2,3)52-37(51)44-20-9-5-8-19-43-34(48)23-13-15-24(16-14-23)45-35(49)33-32-25-11-10-12-28(41)31(25)26-21-27-30(22-29(26)42)46-36(50)40(27,32)39(47-33)17-6-4-7-18-39/h10-16,21-22,32-33,47H,4-9,17-20H2,1-3H3,(H,43,48)(H,44,51)(H,45,49)(H,46,50)/t32-,33+,40+/m0/s1. The van der Waals surface area contributed by atoms with Gasteiger partial charge in [-0.2, -0.15) is 0 Å². The van der Waals surface area contributed by atoms with Crippen molar-refractivity contribution >= 4 is 58.4 Å². The van der Waals surface area contributed by atoms with Gasteiger partial charge in [0.05, 0.1) is 11.1 Å². The third kappa shape index (κ3) is 6.32. The molecule has 7 rings (SSSR count). The highest BCUT2D eigenvalue weighted by Gasteiger charge is 2.72. The molecule has 5 N–H and O–H groups in total. The molecule has 3 aromatic rings. The summed E-state index contributed by atoms with van der Waals surface area (Å²) < 4.78 is 5.24. The summed E-state index contributed by atoms with van der Waals surface area (Å²) in [5, 5.41) is 16.7. The smallest absolute Gasteiger partial charge is 0.407 e. The fourth-order valence-corrected chi connectivity index (χ4v) is 9.47. The van der Waals surface area contributed by atoms with Crippen LogP contribution in [-0.4, -0.2) is 54.1 Å². The molecular formula is C40H45Cl2N5O5. The lowest BCUT2D eigenvalue weighted by molar-refractivity contribution is -0.124. The maximum absolute atomic E-state index is 14.5. The zero-order chi connectivity index (χ0) is 36.8. The summed E-state index contributed by atoms with van der Waals surface area (Å²) in [6.45, 7) is 6.46. The highest BCUT2D eigenvalue weighted by molar-refractivity contribution is 6.37. The molecule has 2 bridgehead atoms. The number of alkyl carbamates (subject to hydrolysis) is 1. The van der Waals surface area contributed by atoms with E-state index in [1.807, 2.05) is 51.1 Å². The molecule has 2 heterocycles. The second-order valence-corrected chi connectivity index (χ2v) is 16.2. The zero-order valence-electron chi connectivity index (χ0n) is 29.7.